The second-order valence-corrected chi connectivity index (χ2v) is 7.25. The van der Waals surface area contributed by atoms with E-state index in [2.05, 4.69) is 111 Å². The van der Waals surface area contributed by atoms with E-state index in [0.29, 0.717) is 0 Å². The molecule has 1 aliphatic carbocycles. The van der Waals surface area contributed by atoms with Crippen LogP contribution in [0.3, 0.4) is 0 Å². The fourth-order valence-electron chi connectivity index (χ4n) is 3.73. The van der Waals surface area contributed by atoms with Gasteiger partial charge in [0.05, 0.1) is 0 Å². The molecule has 27 heavy (non-hydrogen) atoms. The van der Waals surface area contributed by atoms with Crippen molar-refractivity contribution in [1.82, 2.24) is 0 Å². The first-order valence-electron chi connectivity index (χ1n) is 9.51. The molecule has 0 radical (unpaired) electrons. The number of fused-ring (bicyclic) bond motifs is 1. The molecule has 3 aromatic rings. The maximum atomic E-state index is 2.34. The lowest BCUT2D eigenvalue weighted by Crippen LogP contribution is -2.09. The molecule has 1 aliphatic rings. The summed E-state index contributed by atoms with van der Waals surface area (Å²) in [5.41, 5.74) is 10.7. The van der Waals surface area contributed by atoms with Crippen molar-refractivity contribution in [1.29, 1.82) is 0 Å². The zero-order valence-corrected chi connectivity index (χ0v) is 15.9. The summed E-state index contributed by atoms with van der Waals surface area (Å²) < 4.78 is 0. The van der Waals surface area contributed by atoms with Gasteiger partial charge in [0.1, 0.15) is 0 Å². The van der Waals surface area contributed by atoms with Gasteiger partial charge in [-0.3, -0.25) is 0 Å². The minimum atomic E-state index is 0.989. The molecule has 0 aromatic heterocycles. The predicted molar refractivity (Wildman–Crippen MR) is 117 cm³/mol. The number of rotatable bonds is 2. The Balaban J connectivity index is 1.98. The number of hydrogen-bond acceptors (Lipinski definition) is 0. The quantitative estimate of drug-likeness (QED) is 0.459. The minimum absolute atomic E-state index is 0.989. The number of benzene rings is 3. The third kappa shape index (κ3) is 3.71. The van der Waals surface area contributed by atoms with Crippen LogP contribution in [0.25, 0.3) is 17.7 Å². The Morgan fingerprint density at radius 3 is 1.74 bits per heavy atom. The van der Waals surface area contributed by atoms with E-state index in [-0.39, 0.29) is 0 Å². The SMILES string of the molecule is CC(C)=C1Cc2ccccc2C(=Cc2ccccc2)C1=Cc1ccccc1. The summed E-state index contributed by atoms with van der Waals surface area (Å²) in [6.45, 7) is 4.45. The van der Waals surface area contributed by atoms with Crippen LogP contribution < -0.4 is 0 Å². The predicted octanol–water partition coefficient (Wildman–Crippen LogP) is 7.20. The van der Waals surface area contributed by atoms with Crippen molar-refractivity contribution in [2.45, 2.75) is 20.3 Å². The fraction of sp³-hybridized carbons (Fsp3) is 0.111. The molecule has 0 spiro atoms. The Labute approximate surface area is 162 Å². The molecular formula is C27H24. The molecule has 0 N–H and O–H groups in total. The van der Waals surface area contributed by atoms with Crippen molar-refractivity contribution >= 4 is 17.7 Å². The molecule has 132 valence electrons. The molecule has 0 bridgehead atoms. The van der Waals surface area contributed by atoms with E-state index in [1.807, 2.05) is 0 Å². The summed E-state index contributed by atoms with van der Waals surface area (Å²) in [6.07, 6.45) is 5.66. The summed E-state index contributed by atoms with van der Waals surface area (Å²) in [5.74, 6) is 0. The summed E-state index contributed by atoms with van der Waals surface area (Å²) in [4.78, 5) is 0. The first-order valence-corrected chi connectivity index (χ1v) is 9.51. The normalized spacial score (nSPS) is 16.4. The second-order valence-electron chi connectivity index (χ2n) is 7.25. The molecule has 0 saturated carbocycles. The fourth-order valence-corrected chi connectivity index (χ4v) is 3.73. The van der Waals surface area contributed by atoms with Gasteiger partial charge in [0.2, 0.25) is 0 Å². The van der Waals surface area contributed by atoms with Gasteiger partial charge < -0.3 is 0 Å². The zero-order valence-electron chi connectivity index (χ0n) is 15.9. The topological polar surface area (TPSA) is 0 Å². The summed E-state index contributed by atoms with van der Waals surface area (Å²) >= 11 is 0. The molecule has 0 heterocycles. The third-order valence-corrected chi connectivity index (χ3v) is 5.11. The van der Waals surface area contributed by atoms with Crippen LogP contribution in [0.4, 0.5) is 0 Å². The maximum absolute atomic E-state index is 2.34. The minimum Gasteiger partial charge on any atom is -0.0723 e. The van der Waals surface area contributed by atoms with E-state index in [0.717, 1.165) is 6.42 Å². The third-order valence-electron chi connectivity index (χ3n) is 5.11. The Kier molecular flexibility index (Phi) is 4.89. The van der Waals surface area contributed by atoms with Crippen LogP contribution in [0.1, 0.15) is 36.1 Å². The van der Waals surface area contributed by atoms with Crippen molar-refractivity contribution in [2.75, 3.05) is 0 Å². The molecule has 0 aliphatic heterocycles. The largest absolute Gasteiger partial charge is 0.0723 e. The van der Waals surface area contributed by atoms with Crippen molar-refractivity contribution in [3.05, 3.63) is 124 Å². The lowest BCUT2D eigenvalue weighted by atomic mass is 9.77. The van der Waals surface area contributed by atoms with Gasteiger partial charge in [0, 0.05) is 0 Å². The summed E-state index contributed by atoms with van der Waals surface area (Å²) in [6, 6.07) is 30.1. The van der Waals surface area contributed by atoms with Crippen LogP contribution in [-0.4, -0.2) is 0 Å². The van der Waals surface area contributed by atoms with Crippen molar-refractivity contribution in [3.8, 4) is 0 Å². The van der Waals surface area contributed by atoms with E-state index < -0.39 is 0 Å². The van der Waals surface area contributed by atoms with Crippen molar-refractivity contribution in [2.24, 2.45) is 0 Å². The van der Waals surface area contributed by atoms with Crippen LogP contribution in [0.2, 0.25) is 0 Å². The van der Waals surface area contributed by atoms with Gasteiger partial charge >= 0.3 is 0 Å². The highest BCUT2D eigenvalue weighted by atomic mass is 14.3. The van der Waals surface area contributed by atoms with Crippen molar-refractivity contribution < 1.29 is 0 Å². The second kappa shape index (κ2) is 7.63. The lowest BCUT2D eigenvalue weighted by molar-refractivity contribution is 1.09. The van der Waals surface area contributed by atoms with E-state index in [9.17, 15) is 0 Å². The van der Waals surface area contributed by atoms with Crippen LogP contribution in [0, 0.1) is 0 Å². The smallest absolute Gasteiger partial charge is 0.00141 e. The average molecular weight is 348 g/mol. The van der Waals surface area contributed by atoms with Crippen LogP contribution in [0.15, 0.2) is 102 Å². The van der Waals surface area contributed by atoms with Gasteiger partial charge in [0.25, 0.3) is 0 Å². The number of hydrogen-bond donors (Lipinski definition) is 0. The Morgan fingerprint density at radius 2 is 1.15 bits per heavy atom. The molecule has 0 saturated heterocycles. The zero-order chi connectivity index (χ0) is 18.6. The van der Waals surface area contributed by atoms with Gasteiger partial charge in [0.15, 0.2) is 0 Å². The molecular weight excluding hydrogens is 324 g/mol. The lowest BCUT2D eigenvalue weighted by Gasteiger charge is -2.27. The molecule has 0 amide bonds. The highest BCUT2D eigenvalue weighted by molar-refractivity contribution is 6.00. The standard InChI is InChI=1S/C27H24/c1-20(2)25-19-23-15-9-10-16-24(23)26(17-21-11-5-3-6-12-21)27(25)18-22-13-7-4-8-14-22/h3-18H,19H2,1-2H3. The van der Waals surface area contributed by atoms with Gasteiger partial charge in [-0.2, -0.15) is 0 Å². The average Bonchev–Trinajstić information content (AvgIpc) is 2.71. The molecule has 0 atom stereocenters. The first kappa shape index (κ1) is 17.3. The van der Waals surface area contributed by atoms with Crippen LogP contribution in [-0.2, 0) is 6.42 Å². The van der Waals surface area contributed by atoms with E-state index >= 15 is 0 Å². The van der Waals surface area contributed by atoms with E-state index in [4.69, 9.17) is 0 Å². The highest BCUT2D eigenvalue weighted by Gasteiger charge is 2.23. The monoisotopic (exact) mass is 348 g/mol. The van der Waals surface area contributed by atoms with E-state index in [1.54, 1.807) is 0 Å². The van der Waals surface area contributed by atoms with Gasteiger partial charge in [-0.1, -0.05) is 90.5 Å². The van der Waals surface area contributed by atoms with Gasteiger partial charge in [-0.05, 0) is 71.4 Å². The Bertz CT molecular complexity index is 1030. The molecule has 0 unspecified atom stereocenters. The van der Waals surface area contributed by atoms with Crippen LogP contribution >= 0.6 is 0 Å². The molecule has 4 rings (SSSR count). The first-order chi connectivity index (χ1) is 13.2. The van der Waals surface area contributed by atoms with Gasteiger partial charge in [-0.15, -0.1) is 0 Å². The maximum Gasteiger partial charge on any atom is -0.00141 e. The Hall–Kier alpha value is -3.12. The molecule has 3 aromatic carbocycles. The highest BCUT2D eigenvalue weighted by Crippen LogP contribution is 2.41. The summed E-state index contributed by atoms with van der Waals surface area (Å²) in [7, 11) is 0. The van der Waals surface area contributed by atoms with Crippen LogP contribution in [0.5, 0.6) is 0 Å². The number of allylic oxidation sites excluding steroid dienone is 4. The molecule has 0 heteroatoms. The van der Waals surface area contributed by atoms with E-state index in [1.165, 1.54) is 44.5 Å². The molecule has 0 fully saturated rings. The molecule has 0 nitrogen and oxygen atoms in total. The Morgan fingerprint density at radius 1 is 0.630 bits per heavy atom. The van der Waals surface area contributed by atoms with Gasteiger partial charge in [-0.25, -0.2) is 0 Å². The summed E-state index contributed by atoms with van der Waals surface area (Å²) in [5, 5.41) is 0. The van der Waals surface area contributed by atoms with Crippen molar-refractivity contribution in [3.63, 3.8) is 0 Å².